The molecule has 1 amide bonds. The van der Waals surface area contributed by atoms with Crippen molar-refractivity contribution in [1.29, 1.82) is 0 Å². The van der Waals surface area contributed by atoms with Crippen molar-refractivity contribution in [3.63, 3.8) is 0 Å². The van der Waals surface area contributed by atoms with E-state index in [9.17, 15) is 45.6 Å². The molecular weight excluding hydrogens is 979 g/mol. The molecule has 0 saturated carbocycles. The summed E-state index contributed by atoms with van der Waals surface area (Å²) in [6.07, 6.45) is 42.8. The molecule has 2 saturated heterocycles. The smallest absolute Gasteiger partial charge is 0.220 e. The Balaban J connectivity index is 1.70. The number of aliphatic hydroxyl groups excluding tert-OH is 8. The van der Waals surface area contributed by atoms with Crippen LogP contribution in [0.4, 0.5) is 0 Å². The quantitative estimate of drug-likeness (QED) is 0.0204. The molecule has 2 fully saturated rings. The van der Waals surface area contributed by atoms with Crippen molar-refractivity contribution >= 4 is 5.91 Å². The minimum absolute atomic E-state index is 0.207. The van der Waals surface area contributed by atoms with Crippen molar-refractivity contribution in [2.75, 3.05) is 19.8 Å². The number of ether oxygens (including phenoxy) is 4. The van der Waals surface area contributed by atoms with E-state index >= 15 is 0 Å². The van der Waals surface area contributed by atoms with Crippen LogP contribution >= 0.6 is 0 Å². The van der Waals surface area contributed by atoms with E-state index in [0.29, 0.717) is 12.8 Å². The average Bonchev–Trinajstić information content (AvgIpc) is 3.43. The van der Waals surface area contributed by atoms with E-state index < -0.39 is 86.8 Å². The topological polar surface area (TPSA) is 228 Å². The van der Waals surface area contributed by atoms with Gasteiger partial charge in [-0.15, -0.1) is 0 Å². The molecule has 0 aromatic rings. The number of aliphatic hydroxyl groups is 8. The summed E-state index contributed by atoms with van der Waals surface area (Å²) in [6, 6.07) is -0.830. The third kappa shape index (κ3) is 34.3. The number of allylic oxidation sites excluding steroid dienone is 6. The number of carbonyl (C=O) groups excluding carboxylic acids is 1. The lowest BCUT2D eigenvalue weighted by atomic mass is 9.97. The number of nitrogens with one attached hydrogen (secondary N) is 1. The normalized spacial score (nSPS) is 24.9. The van der Waals surface area contributed by atoms with Crippen molar-refractivity contribution < 1.29 is 64.6 Å². The standard InChI is InChI=1S/C63H117NO13/c1-3-5-7-9-11-13-15-17-19-21-22-23-24-25-26-27-28-29-30-31-33-35-37-39-41-43-45-47-55(68)64-51(52(67)46-44-42-40-38-36-34-32-20-18-16-14-12-10-8-6-4-2)50-74-62-60(73)58(71)61(54(49-66)76-62)77-63-59(72)57(70)56(69)53(48-65)75-63/h15,17,21-22,24-25,51-54,56-63,65-67,69-73H,3-14,16,18-20,23,26-50H2,1-2H3,(H,64,68)/b17-15-,22-21-,25-24-. The zero-order chi connectivity index (χ0) is 56.0. The zero-order valence-corrected chi connectivity index (χ0v) is 48.7. The van der Waals surface area contributed by atoms with E-state index in [-0.39, 0.29) is 12.5 Å². The average molecular weight is 1100 g/mol. The third-order valence-electron chi connectivity index (χ3n) is 15.6. The summed E-state index contributed by atoms with van der Waals surface area (Å²) in [5.41, 5.74) is 0. The summed E-state index contributed by atoms with van der Waals surface area (Å²) < 4.78 is 22.9. The van der Waals surface area contributed by atoms with Gasteiger partial charge in [0, 0.05) is 6.42 Å². The second-order valence-corrected chi connectivity index (χ2v) is 22.5. The van der Waals surface area contributed by atoms with E-state index in [0.717, 1.165) is 64.2 Å². The van der Waals surface area contributed by atoms with Crippen molar-refractivity contribution in [3.8, 4) is 0 Å². The minimum atomic E-state index is -1.78. The summed E-state index contributed by atoms with van der Waals surface area (Å²) in [5.74, 6) is -0.207. The lowest BCUT2D eigenvalue weighted by molar-refractivity contribution is -0.359. The van der Waals surface area contributed by atoms with Crippen LogP contribution in [0.2, 0.25) is 0 Å². The van der Waals surface area contributed by atoms with E-state index in [4.69, 9.17) is 18.9 Å². The predicted molar refractivity (Wildman–Crippen MR) is 309 cm³/mol. The van der Waals surface area contributed by atoms with Gasteiger partial charge >= 0.3 is 0 Å². The second kappa shape index (κ2) is 48.9. The van der Waals surface area contributed by atoms with E-state index in [1.54, 1.807) is 0 Å². The second-order valence-electron chi connectivity index (χ2n) is 22.5. The largest absolute Gasteiger partial charge is 0.394 e. The first kappa shape index (κ1) is 71.3. The summed E-state index contributed by atoms with van der Waals surface area (Å²) in [6.45, 7) is 2.87. The molecule has 77 heavy (non-hydrogen) atoms. The van der Waals surface area contributed by atoms with Crippen LogP contribution in [0.1, 0.15) is 264 Å². The van der Waals surface area contributed by atoms with Gasteiger partial charge in [0.05, 0.1) is 32.0 Å². The van der Waals surface area contributed by atoms with E-state index in [1.807, 2.05) is 0 Å². The lowest BCUT2D eigenvalue weighted by Crippen LogP contribution is -2.65. The van der Waals surface area contributed by atoms with Crippen molar-refractivity contribution in [2.24, 2.45) is 0 Å². The van der Waals surface area contributed by atoms with Crippen LogP contribution in [0.3, 0.4) is 0 Å². The Morgan fingerprint density at radius 1 is 0.468 bits per heavy atom. The molecule has 12 unspecified atom stereocenters. The Morgan fingerprint density at radius 3 is 1.31 bits per heavy atom. The molecule has 2 aliphatic rings. The van der Waals surface area contributed by atoms with Gasteiger partial charge < -0.3 is 65.1 Å². The van der Waals surface area contributed by atoms with Gasteiger partial charge in [0.2, 0.25) is 5.91 Å². The fourth-order valence-corrected chi connectivity index (χ4v) is 10.5. The fraction of sp³-hybridized carbons (Fsp3) is 0.889. The number of carbonyl (C=O) groups is 1. The highest BCUT2D eigenvalue weighted by Crippen LogP contribution is 2.30. The van der Waals surface area contributed by atoms with Crippen molar-refractivity contribution in [1.82, 2.24) is 5.32 Å². The number of hydrogen-bond donors (Lipinski definition) is 9. The molecule has 0 aliphatic carbocycles. The molecule has 2 aliphatic heterocycles. The Morgan fingerprint density at radius 2 is 0.857 bits per heavy atom. The van der Waals surface area contributed by atoms with Crippen LogP contribution < -0.4 is 5.32 Å². The molecule has 14 nitrogen and oxygen atoms in total. The Kier molecular flexibility index (Phi) is 45.3. The molecule has 2 rings (SSSR count). The van der Waals surface area contributed by atoms with Gasteiger partial charge in [0.1, 0.15) is 48.8 Å². The summed E-state index contributed by atoms with van der Waals surface area (Å²) in [5, 5.41) is 87.3. The third-order valence-corrected chi connectivity index (χ3v) is 15.6. The molecule has 0 bridgehead atoms. The SMILES string of the molecule is CCCCCCC/C=C\C/C=C\C/C=C\CCCCCCCCCCCCCCC(=O)NC(COC1OC(CO)C(OC2OC(CO)C(O)C(O)C2O)C(O)C1O)C(O)CCCCCCCCCCCCCCCCCC. The van der Waals surface area contributed by atoms with Crippen LogP contribution in [0.5, 0.6) is 0 Å². The van der Waals surface area contributed by atoms with Gasteiger partial charge in [0.25, 0.3) is 0 Å². The highest BCUT2D eigenvalue weighted by molar-refractivity contribution is 5.76. The molecule has 452 valence electrons. The van der Waals surface area contributed by atoms with Gasteiger partial charge in [-0.2, -0.15) is 0 Å². The highest BCUT2D eigenvalue weighted by atomic mass is 16.7. The first-order chi connectivity index (χ1) is 37.6. The molecule has 0 aromatic carbocycles. The zero-order valence-electron chi connectivity index (χ0n) is 48.7. The van der Waals surface area contributed by atoms with Crippen LogP contribution in [-0.2, 0) is 23.7 Å². The number of unbranched alkanes of at least 4 members (excludes halogenated alkanes) is 32. The monoisotopic (exact) mass is 1100 g/mol. The van der Waals surface area contributed by atoms with Gasteiger partial charge in [-0.3, -0.25) is 4.79 Å². The van der Waals surface area contributed by atoms with Gasteiger partial charge in [0.15, 0.2) is 12.6 Å². The Bertz CT molecular complexity index is 1430. The van der Waals surface area contributed by atoms with Gasteiger partial charge in [-0.05, 0) is 51.4 Å². The van der Waals surface area contributed by atoms with Crippen LogP contribution in [0.15, 0.2) is 36.5 Å². The van der Waals surface area contributed by atoms with Crippen molar-refractivity contribution in [3.05, 3.63) is 36.5 Å². The molecular formula is C63H117NO13. The lowest BCUT2D eigenvalue weighted by Gasteiger charge is -2.46. The van der Waals surface area contributed by atoms with E-state index in [2.05, 4.69) is 55.6 Å². The molecule has 0 radical (unpaired) electrons. The maximum atomic E-state index is 13.3. The minimum Gasteiger partial charge on any atom is -0.394 e. The van der Waals surface area contributed by atoms with E-state index in [1.165, 1.54) is 173 Å². The Labute approximate surface area is 468 Å². The first-order valence-corrected chi connectivity index (χ1v) is 31.7. The number of hydrogen-bond acceptors (Lipinski definition) is 13. The summed E-state index contributed by atoms with van der Waals surface area (Å²) >= 11 is 0. The molecule has 9 N–H and O–H groups in total. The molecule has 2 heterocycles. The number of amides is 1. The van der Waals surface area contributed by atoms with Gasteiger partial charge in [-0.25, -0.2) is 0 Å². The summed E-state index contributed by atoms with van der Waals surface area (Å²) in [4.78, 5) is 13.3. The predicted octanol–water partition coefficient (Wildman–Crippen LogP) is 11.4. The first-order valence-electron chi connectivity index (χ1n) is 31.7. The molecule has 14 heteroatoms. The highest BCUT2D eigenvalue weighted by Gasteiger charge is 2.51. The fourth-order valence-electron chi connectivity index (χ4n) is 10.5. The summed E-state index contributed by atoms with van der Waals surface area (Å²) in [7, 11) is 0. The van der Waals surface area contributed by atoms with Gasteiger partial charge in [-0.1, -0.05) is 243 Å². The Hall–Kier alpha value is -1.79. The van der Waals surface area contributed by atoms with Crippen molar-refractivity contribution in [2.45, 2.75) is 338 Å². The number of rotatable bonds is 51. The molecule has 12 atom stereocenters. The molecule has 0 aromatic heterocycles. The maximum Gasteiger partial charge on any atom is 0.220 e. The maximum absolute atomic E-state index is 13.3. The van der Waals surface area contributed by atoms with Crippen LogP contribution in [-0.4, -0.2) is 140 Å². The van der Waals surface area contributed by atoms with Crippen LogP contribution in [0, 0.1) is 0 Å². The molecule has 0 spiro atoms. The van der Waals surface area contributed by atoms with Crippen LogP contribution in [0.25, 0.3) is 0 Å².